The van der Waals surface area contributed by atoms with E-state index in [4.69, 9.17) is 16.0 Å². The average Bonchev–Trinajstić information content (AvgIpc) is 3.04. The Hall–Kier alpha value is -1.76. The minimum Gasteiger partial charge on any atom is -0.459 e. The number of benzene rings is 1. The number of hydrogen-bond donors (Lipinski definition) is 3. The molecule has 5 rings (SSSR count). The predicted molar refractivity (Wildman–Crippen MR) is 109 cm³/mol. The molecule has 3 aliphatic rings. The molecule has 2 amide bonds. The molecule has 1 unspecified atom stereocenters. The van der Waals surface area contributed by atoms with E-state index >= 15 is 0 Å². The van der Waals surface area contributed by atoms with Crippen LogP contribution in [0.3, 0.4) is 0 Å². The summed E-state index contributed by atoms with van der Waals surface area (Å²) in [6.45, 7) is 2.32. The monoisotopic (exact) mass is 403 g/mol. The van der Waals surface area contributed by atoms with E-state index in [0.717, 1.165) is 67.4 Å². The van der Waals surface area contributed by atoms with Crippen molar-refractivity contribution in [3.8, 4) is 0 Å². The predicted octanol–water partition coefficient (Wildman–Crippen LogP) is 4.34. The van der Waals surface area contributed by atoms with Crippen LogP contribution in [-0.4, -0.2) is 35.2 Å². The van der Waals surface area contributed by atoms with Gasteiger partial charge in [0, 0.05) is 17.5 Å². The Morgan fingerprint density at radius 2 is 2.07 bits per heavy atom. The molecule has 28 heavy (non-hydrogen) atoms. The van der Waals surface area contributed by atoms with E-state index in [9.17, 15) is 9.90 Å². The van der Waals surface area contributed by atoms with Crippen LogP contribution in [-0.2, 0) is 12.1 Å². The molecule has 3 heterocycles. The number of likely N-dealkylation sites (tertiary alicyclic amines) is 1. The van der Waals surface area contributed by atoms with E-state index in [1.54, 1.807) is 0 Å². The van der Waals surface area contributed by atoms with E-state index in [1.165, 1.54) is 6.42 Å². The van der Waals surface area contributed by atoms with Crippen molar-refractivity contribution in [3.63, 3.8) is 0 Å². The van der Waals surface area contributed by atoms with Crippen molar-refractivity contribution in [2.75, 3.05) is 18.4 Å². The standard InChI is InChI=1S/C21H26ClN3O3/c22-16-10-13-9-15(12-25-8-4-5-14(26)11-25)28-19(13)17-18(16)23-20(27)24-21(17)6-2-1-3-7-21/h9-10,14,26H,1-8,11-12H2,(H2,23,24,27). The zero-order valence-corrected chi connectivity index (χ0v) is 16.6. The molecule has 1 saturated heterocycles. The lowest BCUT2D eigenvalue weighted by molar-refractivity contribution is 0.0636. The van der Waals surface area contributed by atoms with Crippen molar-refractivity contribution in [1.82, 2.24) is 10.2 Å². The number of furan rings is 1. The topological polar surface area (TPSA) is 77.7 Å². The van der Waals surface area contributed by atoms with E-state index < -0.39 is 5.54 Å². The number of nitrogens with zero attached hydrogens (tertiary/aromatic N) is 1. The quantitative estimate of drug-likeness (QED) is 0.697. The maximum absolute atomic E-state index is 12.3. The number of rotatable bonds is 2. The fourth-order valence-corrected chi connectivity index (χ4v) is 5.47. The molecule has 6 nitrogen and oxygen atoms in total. The van der Waals surface area contributed by atoms with Crippen LogP contribution in [0.1, 0.15) is 56.3 Å². The summed E-state index contributed by atoms with van der Waals surface area (Å²) < 4.78 is 6.35. The number of carbonyl (C=O) groups excluding carboxylic acids is 1. The van der Waals surface area contributed by atoms with Crippen LogP contribution in [0.4, 0.5) is 10.5 Å². The van der Waals surface area contributed by atoms with Gasteiger partial charge in [0.2, 0.25) is 0 Å². The third-order valence-corrected chi connectivity index (χ3v) is 6.75. The first-order chi connectivity index (χ1) is 13.5. The Morgan fingerprint density at radius 1 is 1.25 bits per heavy atom. The average molecular weight is 404 g/mol. The first kappa shape index (κ1) is 18.3. The Kier molecular flexibility index (Phi) is 4.53. The van der Waals surface area contributed by atoms with Crippen LogP contribution < -0.4 is 10.6 Å². The van der Waals surface area contributed by atoms with Crippen LogP contribution >= 0.6 is 11.6 Å². The minimum absolute atomic E-state index is 0.190. The second kappa shape index (κ2) is 6.94. The molecule has 3 N–H and O–H groups in total. The number of carbonyl (C=O) groups is 1. The van der Waals surface area contributed by atoms with Gasteiger partial charge in [-0.1, -0.05) is 30.9 Å². The summed E-state index contributed by atoms with van der Waals surface area (Å²) >= 11 is 6.58. The van der Waals surface area contributed by atoms with Crippen molar-refractivity contribution >= 4 is 34.3 Å². The van der Waals surface area contributed by atoms with Gasteiger partial charge in [0.25, 0.3) is 0 Å². The maximum atomic E-state index is 12.3. The third kappa shape index (κ3) is 3.08. The van der Waals surface area contributed by atoms with Crippen molar-refractivity contribution in [2.24, 2.45) is 0 Å². The molecule has 0 bridgehead atoms. The zero-order valence-electron chi connectivity index (χ0n) is 15.9. The van der Waals surface area contributed by atoms with E-state index in [2.05, 4.69) is 21.6 Å². The number of fused-ring (bicyclic) bond motifs is 4. The van der Waals surface area contributed by atoms with Gasteiger partial charge in [0.05, 0.1) is 28.9 Å². The highest BCUT2D eigenvalue weighted by Crippen LogP contribution is 2.49. The molecule has 1 saturated carbocycles. The maximum Gasteiger partial charge on any atom is 0.319 e. The number of β-amino-alcohol motifs (C(OH)–C–C–N with tert-alkyl or cyclic N) is 1. The smallest absolute Gasteiger partial charge is 0.319 e. The summed E-state index contributed by atoms with van der Waals surface area (Å²) in [6.07, 6.45) is 6.75. The molecule has 1 atom stereocenters. The number of anilines is 1. The second-order valence-corrected chi connectivity index (χ2v) is 8.90. The summed E-state index contributed by atoms with van der Waals surface area (Å²) in [4.78, 5) is 14.6. The summed E-state index contributed by atoms with van der Waals surface area (Å²) in [5.41, 5.74) is 2.10. The molecule has 2 fully saturated rings. The number of aliphatic hydroxyl groups is 1. The van der Waals surface area contributed by atoms with Gasteiger partial charge < -0.3 is 20.2 Å². The molecule has 1 aliphatic carbocycles. The Labute approximate surface area is 169 Å². The highest BCUT2D eigenvalue weighted by Gasteiger charge is 2.43. The number of nitrogens with one attached hydrogen (secondary N) is 2. The lowest BCUT2D eigenvalue weighted by atomic mass is 9.74. The molecule has 0 radical (unpaired) electrons. The van der Waals surface area contributed by atoms with Crippen molar-refractivity contribution in [2.45, 2.75) is 63.1 Å². The Bertz CT molecular complexity index is 919. The van der Waals surface area contributed by atoms with Crippen LogP contribution in [0.5, 0.6) is 0 Å². The molecule has 2 aliphatic heterocycles. The summed E-state index contributed by atoms with van der Waals surface area (Å²) in [5.74, 6) is 0.872. The second-order valence-electron chi connectivity index (χ2n) is 8.49. The number of hydrogen-bond acceptors (Lipinski definition) is 4. The molecule has 1 spiro atoms. The summed E-state index contributed by atoms with van der Waals surface area (Å²) in [5, 5.41) is 17.6. The fourth-order valence-electron chi connectivity index (χ4n) is 5.21. The van der Waals surface area contributed by atoms with Gasteiger partial charge in [-0.25, -0.2) is 4.79 Å². The van der Waals surface area contributed by atoms with Crippen LogP contribution in [0.15, 0.2) is 16.5 Å². The molecular weight excluding hydrogens is 378 g/mol. The van der Waals surface area contributed by atoms with Gasteiger partial charge in [-0.05, 0) is 44.4 Å². The number of amides is 2. The van der Waals surface area contributed by atoms with Crippen LogP contribution in [0.25, 0.3) is 11.0 Å². The molecular formula is C21H26ClN3O3. The Morgan fingerprint density at radius 3 is 2.86 bits per heavy atom. The van der Waals surface area contributed by atoms with E-state index in [-0.39, 0.29) is 12.1 Å². The van der Waals surface area contributed by atoms with Crippen molar-refractivity contribution in [3.05, 3.63) is 28.5 Å². The highest BCUT2D eigenvalue weighted by atomic mass is 35.5. The van der Waals surface area contributed by atoms with Gasteiger partial charge in [-0.2, -0.15) is 0 Å². The summed E-state index contributed by atoms with van der Waals surface area (Å²) in [7, 11) is 0. The largest absolute Gasteiger partial charge is 0.459 e. The molecule has 1 aromatic heterocycles. The highest BCUT2D eigenvalue weighted by molar-refractivity contribution is 6.35. The number of aliphatic hydroxyl groups excluding tert-OH is 1. The van der Waals surface area contributed by atoms with E-state index in [1.807, 2.05) is 6.07 Å². The lowest BCUT2D eigenvalue weighted by Gasteiger charge is -2.42. The zero-order chi connectivity index (χ0) is 19.3. The molecule has 7 heteroatoms. The fraction of sp³-hybridized carbons (Fsp3) is 0.571. The van der Waals surface area contributed by atoms with Gasteiger partial charge in [0.1, 0.15) is 11.3 Å². The first-order valence-electron chi connectivity index (χ1n) is 10.3. The molecule has 150 valence electrons. The molecule has 1 aromatic carbocycles. The normalized spacial score (nSPS) is 24.8. The first-order valence-corrected chi connectivity index (χ1v) is 10.7. The molecule has 2 aromatic rings. The van der Waals surface area contributed by atoms with Crippen LogP contribution in [0.2, 0.25) is 5.02 Å². The van der Waals surface area contributed by atoms with Gasteiger partial charge in [-0.15, -0.1) is 0 Å². The summed E-state index contributed by atoms with van der Waals surface area (Å²) in [6, 6.07) is 3.75. The Balaban J connectivity index is 1.58. The third-order valence-electron chi connectivity index (χ3n) is 6.45. The lowest BCUT2D eigenvalue weighted by Crippen LogP contribution is -2.52. The van der Waals surface area contributed by atoms with Crippen molar-refractivity contribution in [1.29, 1.82) is 0 Å². The van der Waals surface area contributed by atoms with Crippen LogP contribution in [0, 0.1) is 0 Å². The SMILES string of the molecule is O=C1Nc2c(Cl)cc3cc(CN4CCCC(O)C4)oc3c2C2(CCCCC2)N1. The number of urea groups is 1. The van der Waals surface area contributed by atoms with Gasteiger partial charge >= 0.3 is 6.03 Å². The number of piperidine rings is 1. The number of halogens is 1. The minimum atomic E-state index is -0.407. The van der Waals surface area contributed by atoms with Gasteiger partial charge in [0.15, 0.2) is 0 Å². The van der Waals surface area contributed by atoms with Crippen molar-refractivity contribution < 1.29 is 14.3 Å². The van der Waals surface area contributed by atoms with Gasteiger partial charge in [-0.3, -0.25) is 4.90 Å². The van der Waals surface area contributed by atoms with E-state index in [0.29, 0.717) is 23.8 Å².